The number of halogens is 1. The van der Waals surface area contributed by atoms with Crippen LogP contribution in [0.3, 0.4) is 0 Å². The summed E-state index contributed by atoms with van der Waals surface area (Å²) in [7, 11) is 0. The van der Waals surface area contributed by atoms with Crippen LogP contribution < -0.4 is 11.1 Å². The van der Waals surface area contributed by atoms with Crippen molar-refractivity contribution in [1.29, 1.82) is 0 Å². The van der Waals surface area contributed by atoms with Crippen LogP contribution in [0, 0.1) is 11.7 Å². The summed E-state index contributed by atoms with van der Waals surface area (Å²) in [6.07, 6.45) is 1.21. The Morgan fingerprint density at radius 1 is 1.19 bits per heavy atom. The third-order valence-corrected chi connectivity index (χ3v) is 5.51. The summed E-state index contributed by atoms with van der Waals surface area (Å²) in [6, 6.07) is 9.62. The Labute approximate surface area is 183 Å². The van der Waals surface area contributed by atoms with Crippen LogP contribution in [-0.2, 0) is 15.9 Å². The Morgan fingerprint density at radius 2 is 1.81 bits per heavy atom. The van der Waals surface area contributed by atoms with Crippen LogP contribution in [0.25, 0.3) is 11.3 Å². The average Bonchev–Trinajstić information content (AvgIpc) is 3.51. The van der Waals surface area contributed by atoms with Crippen molar-refractivity contribution in [3.8, 4) is 11.3 Å². The summed E-state index contributed by atoms with van der Waals surface area (Å²) in [6.45, 7) is 9.14. The minimum Gasteiger partial charge on any atom is -0.444 e. The molecule has 3 rings (SSSR count). The number of nitrogens with two attached hydrogens (primary N) is 1. The van der Waals surface area contributed by atoms with E-state index in [1.54, 1.807) is 39.0 Å². The summed E-state index contributed by atoms with van der Waals surface area (Å²) in [4.78, 5) is 17.1. The van der Waals surface area contributed by atoms with E-state index in [2.05, 4.69) is 5.32 Å². The van der Waals surface area contributed by atoms with Crippen molar-refractivity contribution in [3.05, 3.63) is 53.5 Å². The van der Waals surface area contributed by atoms with Crippen LogP contribution in [0.1, 0.15) is 58.7 Å². The first kappa shape index (κ1) is 23.2. The van der Waals surface area contributed by atoms with Crippen LogP contribution in [0.5, 0.6) is 0 Å². The number of hydrogen-bond donors (Lipinski definition) is 3. The number of nitrogens with zero attached hydrogens (tertiary/aromatic N) is 1. The third kappa shape index (κ3) is 5.40. The van der Waals surface area contributed by atoms with Crippen molar-refractivity contribution in [3.63, 3.8) is 0 Å². The molecule has 31 heavy (non-hydrogen) atoms. The van der Waals surface area contributed by atoms with E-state index in [-0.39, 0.29) is 18.3 Å². The monoisotopic (exact) mass is 429 g/mol. The molecule has 2 aromatic rings. The topological polar surface area (TPSA) is 97.5 Å². The predicted octanol–water partition coefficient (Wildman–Crippen LogP) is 4.20. The molecule has 0 saturated heterocycles. The zero-order valence-corrected chi connectivity index (χ0v) is 18.8. The second-order valence-corrected chi connectivity index (χ2v) is 9.79. The first-order valence-corrected chi connectivity index (χ1v) is 10.6. The Hall–Kier alpha value is -2.51. The molecule has 1 aliphatic carbocycles. The molecule has 0 radical (unpaired) electrons. The summed E-state index contributed by atoms with van der Waals surface area (Å²) in [5.74, 6) is -0.299. The Morgan fingerprint density at radius 3 is 2.32 bits per heavy atom. The fourth-order valence-electron chi connectivity index (χ4n) is 3.55. The van der Waals surface area contributed by atoms with Crippen LogP contribution in [-0.4, -0.2) is 28.3 Å². The molecule has 1 aliphatic rings. The van der Waals surface area contributed by atoms with Crippen molar-refractivity contribution >= 4 is 6.09 Å². The molecule has 1 fully saturated rings. The van der Waals surface area contributed by atoms with Gasteiger partial charge in [-0.2, -0.15) is 0 Å². The lowest BCUT2D eigenvalue weighted by Crippen LogP contribution is -2.44. The molecule has 1 atom stereocenters. The Bertz CT molecular complexity index is 950. The standard InChI is InChI=1S/C24H32FN3O3/c1-22(2,3)31-21(29)28-23(4,5)17-12-19(15-6-10-18(25)11-7-15)27-20(13-17)24(30,14-26)16-8-9-16/h6-7,10-13,16,30H,8-9,14,26H2,1-5H3,(H,28,29). The van der Waals surface area contributed by atoms with E-state index in [9.17, 15) is 14.3 Å². The minimum atomic E-state index is -1.26. The van der Waals surface area contributed by atoms with Crippen molar-refractivity contribution in [1.82, 2.24) is 10.3 Å². The number of carbonyl (C=O) groups is 1. The lowest BCUT2D eigenvalue weighted by Gasteiger charge is -2.32. The molecule has 7 heteroatoms. The summed E-state index contributed by atoms with van der Waals surface area (Å²) < 4.78 is 18.9. The van der Waals surface area contributed by atoms with E-state index in [0.717, 1.165) is 18.4 Å². The van der Waals surface area contributed by atoms with Crippen LogP contribution in [0.4, 0.5) is 9.18 Å². The summed E-state index contributed by atoms with van der Waals surface area (Å²) >= 11 is 0. The first-order valence-electron chi connectivity index (χ1n) is 10.6. The predicted molar refractivity (Wildman–Crippen MR) is 118 cm³/mol. The average molecular weight is 430 g/mol. The quantitative estimate of drug-likeness (QED) is 0.639. The Balaban J connectivity index is 2.06. The maximum absolute atomic E-state index is 13.4. The van der Waals surface area contributed by atoms with E-state index in [0.29, 0.717) is 17.0 Å². The number of carbonyl (C=O) groups excluding carboxylic acids is 1. The minimum absolute atomic E-state index is 0.0386. The molecular weight excluding hydrogens is 397 g/mol. The molecule has 1 unspecified atom stereocenters. The highest BCUT2D eigenvalue weighted by Gasteiger charge is 2.46. The summed E-state index contributed by atoms with van der Waals surface area (Å²) in [5.41, 5.74) is 5.71. The molecule has 1 aromatic heterocycles. The lowest BCUT2D eigenvalue weighted by molar-refractivity contribution is 0.0178. The van der Waals surface area contributed by atoms with Crippen molar-refractivity contribution in [2.75, 3.05) is 6.54 Å². The van der Waals surface area contributed by atoms with Crippen molar-refractivity contribution in [2.24, 2.45) is 11.7 Å². The van der Waals surface area contributed by atoms with Gasteiger partial charge in [0.2, 0.25) is 0 Å². The highest BCUT2D eigenvalue weighted by Crippen LogP contribution is 2.45. The van der Waals surface area contributed by atoms with E-state index in [4.69, 9.17) is 15.5 Å². The van der Waals surface area contributed by atoms with Crippen molar-refractivity contribution < 1.29 is 19.0 Å². The van der Waals surface area contributed by atoms with Gasteiger partial charge in [0.1, 0.15) is 17.0 Å². The fraction of sp³-hybridized carbons (Fsp3) is 0.500. The van der Waals surface area contributed by atoms with Gasteiger partial charge in [0.25, 0.3) is 0 Å². The zero-order chi connectivity index (χ0) is 23.0. The third-order valence-electron chi connectivity index (χ3n) is 5.51. The molecule has 0 bridgehead atoms. The lowest BCUT2D eigenvalue weighted by atomic mass is 9.87. The molecule has 4 N–H and O–H groups in total. The molecule has 0 spiro atoms. The number of benzene rings is 1. The molecule has 1 heterocycles. The molecule has 168 valence electrons. The number of ether oxygens (including phenoxy) is 1. The summed E-state index contributed by atoms with van der Waals surface area (Å²) in [5, 5.41) is 14.2. The number of amides is 1. The van der Waals surface area contributed by atoms with Gasteiger partial charge in [-0.05, 0) is 95.3 Å². The van der Waals surface area contributed by atoms with E-state index >= 15 is 0 Å². The highest BCUT2D eigenvalue weighted by molar-refractivity contribution is 5.69. The number of pyridine rings is 1. The SMILES string of the molecule is CC(C)(C)OC(=O)NC(C)(C)c1cc(-c2ccc(F)cc2)nc(C(O)(CN)C2CC2)c1. The van der Waals surface area contributed by atoms with Crippen LogP contribution in [0.2, 0.25) is 0 Å². The number of aliphatic hydroxyl groups is 1. The molecule has 1 saturated carbocycles. The van der Waals surface area contributed by atoms with Gasteiger partial charge in [0, 0.05) is 12.1 Å². The van der Waals surface area contributed by atoms with Gasteiger partial charge in [0.15, 0.2) is 0 Å². The molecular formula is C24H32FN3O3. The van der Waals surface area contributed by atoms with Gasteiger partial charge in [-0.3, -0.25) is 0 Å². The second kappa shape index (κ2) is 8.20. The van der Waals surface area contributed by atoms with Gasteiger partial charge in [0.05, 0.1) is 16.9 Å². The highest BCUT2D eigenvalue weighted by atomic mass is 19.1. The first-order chi connectivity index (χ1) is 14.3. The Kier molecular flexibility index (Phi) is 6.13. The van der Waals surface area contributed by atoms with Crippen LogP contribution in [0.15, 0.2) is 36.4 Å². The van der Waals surface area contributed by atoms with Gasteiger partial charge in [-0.25, -0.2) is 14.2 Å². The normalized spacial score (nSPS) is 16.5. The van der Waals surface area contributed by atoms with E-state index < -0.39 is 22.8 Å². The molecule has 1 aromatic carbocycles. The largest absolute Gasteiger partial charge is 0.444 e. The zero-order valence-electron chi connectivity index (χ0n) is 18.8. The maximum Gasteiger partial charge on any atom is 0.408 e. The molecule has 0 aliphatic heterocycles. The number of alkyl carbamates (subject to hydrolysis) is 1. The van der Waals surface area contributed by atoms with Gasteiger partial charge in [-0.15, -0.1) is 0 Å². The smallest absolute Gasteiger partial charge is 0.408 e. The van der Waals surface area contributed by atoms with Crippen molar-refractivity contribution in [2.45, 2.75) is 64.2 Å². The van der Waals surface area contributed by atoms with Gasteiger partial charge in [-0.1, -0.05) is 0 Å². The number of aromatic nitrogens is 1. The van der Waals surface area contributed by atoms with Gasteiger partial charge >= 0.3 is 6.09 Å². The second-order valence-electron chi connectivity index (χ2n) is 9.79. The number of hydrogen-bond acceptors (Lipinski definition) is 5. The van der Waals surface area contributed by atoms with E-state index in [1.165, 1.54) is 12.1 Å². The van der Waals surface area contributed by atoms with E-state index in [1.807, 2.05) is 19.9 Å². The van der Waals surface area contributed by atoms with Crippen LogP contribution >= 0.6 is 0 Å². The molecule has 1 amide bonds. The van der Waals surface area contributed by atoms with Gasteiger partial charge < -0.3 is 20.9 Å². The number of nitrogens with one attached hydrogen (secondary N) is 1. The number of rotatable bonds is 6. The fourth-order valence-corrected chi connectivity index (χ4v) is 3.55. The molecule has 6 nitrogen and oxygen atoms in total. The maximum atomic E-state index is 13.4.